The van der Waals surface area contributed by atoms with Gasteiger partial charge in [0.05, 0.1) is 5.92 Å². The molecule has 0 aliphatic carbocycles. The number of carbonyl (C=O) groups excluding carboxylic acids is 1. The maximum atomic E-state index is 11.5. The van der Waals surface area contributed by atoms with Crippen molar-refractivity contribution in [2.24, 2.45) is 11.7 Å². The first-order valence-corrected chi connectivity index (χ1v) is 5.07. The van der Waals surface area contributed by atoms with Crippen LogP contribution in [0.2, 0.25) is 0 Å². The molecule has 6 heteroatoms. The molecule has 0 bridgehead atoms. The summed E-state index contributed by atoms with van der Waals surface area (Å²) in [6.07, 6.45) is 1.42. The van der Waals surface area contributed by atoms with Crippen molar-refractivity contribution in [2.45, 2.75) is 12.5 Å². The molecule has 90 valence electrons. The molecule has 0 aromatic carbocycles. The first kappa shape index (κ1) is 12.5. The lowest BCUT2D eigenvalue weighted by molar-refractivity contribution is -0.143. The van der Waals surface area contributed by atoms with E-state index in [0.717, 1.165) is 0 Å². The second-order valence-electron chi connectivity index (χ2n) is 3.71. The lowest BCUT2D eigenvalue weighted by atomic mass is 9.93. The highest BCUT2D eigenvalue weighted by atomic mass is 16.6. The summed E-state index contributed by atoms with van der Waals surface area (Å²) >= 11 is 0. The van der Waals surface area contributed by atoms with Gasteiger partial charge in [-0.3, -0.25) is 4.79 Å². The number of amides is 1. The van der Waals surface area contributed by atoms with E-state index in [1.807, 2.05) is 0 Å². The molecule has 0 radical (unpaired) electrons. The SMILES string of the molecule is C=CCOC(=O)N1CCC(N)C(C(=O)O)C1. The number of nitrogens with zero attached hydrogens (tertiary/aromatic N) is 1. The molecule has 2 unspecified atom stereocenters. The van der Waals surface area contributed by atoms with E-state index in [0.29, 0.717) is 13.0 Å². The van der Waals surface area contributed by atoms with E-state index in [9.17, 15) is 9.59 Å². The van der Waals surface area contributed by atoms with E-state index in [-0.39, 0.29) is 13.2 Å². The largest absolute Gasteiger partial charge is 0.481 e. The summed E-state index contributed by atoms with van der Waals surface area (Å²) in [5.74, 6) is -1.70. The second-order valence-corrected chi connectivity index (χ2v) is 3.71. The van der Waals surface area contributed by atoms with Gasteiger partial charge in [-0.25, -0.2) is 4.79 Å². The Labute approximate surface area is 93.7 Å². The Morgan fingerprint density at radius 1 is 1.62 bits per heavy atom. The third-order valence-electron chi connectivity index (χ3n) is 2.57. The number of hydrogen-bond donors (Lipinski definition) is 2. The number of ether oxygens (including phenoxy) is 1. The molecule has 0 aromatic heterocycles. The van der Waals surface area contributed by atoms with E-state index in [2.05, 4.69) is 6.58 Å². The highest BCUT2D eigenvalue weighted by Gasteiger charge is 2.34. The Morgan fingerprint density at radius 3 is 2.88 bits per heavy atom. The third-order valence-corrected chi connectivity index (χ3v) is 2.57. The lowest BCUT2D eigenvalue weighted by Crippen LogP contribution is -2.52. The molecule has 1 aliphatic rings. The molecular weight excluding hydrogens is 212 g/mol. The standard InChI is InChI=1S/C10H16N2O4/c1-2-5-16-10(15)12-4-3-8(11)7(6-12)9(13)14/h2,7-8H,1,3-6,11H2,(H,13,14). The quantitative estimate of drug-likeness (QED) is 0.665. The molecular formula is C10H16N2O4. The van der Waals surface area contributed by atoms with Gasteiger partial charge in [-0.1, -0.05) is 12.7 Å². The topological polar surface area (TPSA) is 92.9 Å². The maximum absolute atomic E-state index is 11.5. The molecule has 6 nitrogen and oxygen atoms in total. The minimum absolute atomic E-state index is 0.104. The van der Waals surface area contributed by atoms with Gasteiger partial charge in [0.1, 0.15) is 6.61 Å². The van der Waals surface area contributed by atoms with Gasteiger partial charge < -0.3 is 20.5 Å². The van der Waals surface area contributed by atoms with Crippen molar-refractivity contribution in [1.29, 1.82) is 0 Å². The van der Waals surface area contributed by atoms with Crippen LogP contribution < -0.4 is 5.73 Å². The average Bonchev–Trinajstić information content (AvgIpc) is 2.26. The first-order valence-electron chi connectivity index (χ1n) is 5.07. The normalized spacial score (nSPS) is 24.9. The molecule has 0 spiro atoms. The molecule has 1 heterocycles. The number of carboxylic acids is 1. The second kappa shape index (κ2) is 5.50. The van der Waals surface area contributed by atoms with Gasteiger partial charge in [-0.15, -0.1) is 0 Å². The fourth-order valence-corrected chi connectivity index (χ4v) is 1.62. The average molecular weight is 228 g/mol. The molecule has 1 saturated heterocycles. The van der Waals surface area contributed by atoms with Crippen molar-refractivity contribution in [3.8, 4) is 0 Å². The zero-order chi connectivity index (χ0) is 12.1. The van der Waals surface area contributed by atoms with Crippen molar-refractivity contribution in [3.05, 3.63) is 12.7 Å². The van der Waals surface area contributed by atoms with E-state index in [1.165, 1.54) is 11.0 Å². The smallest absolute Gasteiger partial charge is 0.410 e. The van der Waals surface area contributed by atoms with Crippen LogP contribution in [0.3, 0.4) is 0 Å². The third kappa shape index (κ3) is 2.96. The van der Waals surface area contributed by atoms with Crippen LogP contribution in [0.1, 0.15) is 6.42 Å². The van der Waals surface area contributed by atoms with Gasteiger partial charge in [-0.05, 0) is 6.42 Å². The number of carbonyl (C=O) groups is 2. The van der Waals surface area contributed by atoms with Crippen molar-refractivity contribution < 1.29 is 19.4 Å². The number of likely N-dealkylation sites (tertiary alicyclic amines) is 1. The molecule has 1 rings (SSSR count). The van der Waals surface area contributed by atoms with Gasteiger partial charge in [0, 0.05) is 19.1 Å². The molecule has 1 fully saturated rings. The van der Waals surface area contributed by atoms with Crippen LogP contribution in [0.4, 0.5) is 4.79 Å². The number of carboxylic acid groups (broad SMARTS) is 1. The number of rotatable bonds is 3. The highest BCUT2D eigenvalue weighted by Crippen LogP contribution is 2.16. The molecule has 0 saturated carbocycles. The zero-order valence-electron chi connectivity index (χ0n) is 8.96. The van der Waals surface area contributed by atoms with E-state index in [1.54, 1.807) is 0 Å². The Kier molecular flexibility index (Phi) is 4.30. The van der Waals surface area contributed by atoms with Crippen LogP contribution in [0, 0.1) is 5.92 Å². The fourth-order valence-electron chi connectivity index (χ4n) is 1.62. The minimum atomic E-state index is -0.978. The molecule has 1 aliphatic heterocycles. The zero-order valence-corrected chi connectivity index (χ0v) is 8.96. The summed E-state index contributed by atoms with van der Waals surface area (Å²) in [7, 11) is 0. The Morgan fingerprint density at radius 2 is 2.31 bits per heavy atom. The molecule has 16 heavy (non-hydrogen) atoms. The van der Waals surface area contributed by atoms with Crippen LogP contribution in [-0.2, 0) is 9.53 Å². The highest BCUT2D eigenvalue weighted by molar-refractivity contribution is 5.74. The first-order chi connectivity index (χ1) is 7.56. The van der Waals surface area contributed by atoms with Crippen molar-refractivity contribution in [3.63, 3.8) is 0 Å². The molecule has 1 amide bonds. The van der Waals surface area contributed by atoms with Crippen LogP contribution in [0.15, 0.2) is 12.7 Å². The van der Waals surface area contributed by atoms with E-state index < -0.39 is 24.0 Å². The van der Waals surface area contributed by atoms with Crippen LogP contribution in [0.5, 0.6) is 0 Å². The van der Waals surface area contributed by atoms with Crippen LogP contribution in [0.25, 0.3) is 0 Å². The van der Waals surface area contributed by atoms with Gasteiger partial charge in [0.2, 0.25) is 0 Å². The Balaban J connectivity index is 2.54. The van der Waals surface area contributed by atoms with E-state index >= 15 is 0 Å². The summed E-state index contributed by atoms with van der Waals surface area (Å²) < 4.78 is 4.83. The number of hydrogen-bond acceptors (Lipinski definition) is 4. The van der Waals surface area contributed by atoms with Crippen molar-refractivity contribution in [1.82, 2.24) is 4.90 Å². The predicted molar refractivity (Wildman–Crippen MR) is 56.8 cm³/mol. The maximum Gasteiger partial charge on any atom is 0.410 e. The van der Waals surface area contributed by atoms with Gasteiger partial charge >= 0.3 is 12.1 Å². The summed E-state index contributed by atoms with van der Waals surface area (Å²) in [6.45, 7) is 4.08. The monoisotopic (exact) mass is 228 g/mol. The van der Waals surface area contributed by atoms with Crippen LogP contribution in [-0.4, -0.2) is 47.8 Å². The van der Waals surface area contributed by atoms with Gasteiger partial charge in [0.15, 0.2) is 0 Å². The Hall–Kier alpha value is -1.56. The Bertz CT molecular complexity index is 293. The summed E-state index contributed by atoms with van der Waals surface area (Å²) in [5, 5.41) is 8.91. The summed E-state index contributed by atoms with van der Waals surface area (Å²) in [4.78, 5) is 23.7. The molecule has 3 N–H and O–H groups in total. The fraction of sp³-hybridized carbons (Fsp3) is 0.600. The minimum Gasteiger partial charge on any atom is -0.481 e. The summed E-state index contributed by atoms with van der Waals surface area (Å²) in [5.41, 5.74) is 5.67. The lowest BCUT2D eigenvalue weighted by Gasteiger charge is -2.33. The predicted octanol–water partition coefficient (Wildman–Crippen LogP) is 0.0428. The number of piperidine rings is 1. The van der Waals surface area contributed by atoms with Crippen molar-refractivity contribution >= 4 is 12.1 Å². The van der Waals surface area contributed by atoms with Crippen LogP contribution >= 0.6 is 0 Å². The molecule has 2 atom stereocenters. The van der Waals surface area contributed by atoms with Gasteiger partial charge in [0.25, 0.3) is 0 Å². The summed E-state index contributed by atoms with van der Waals surface area (Å²) in [6, 6.07) is -0.402. The number of nitrogens with two attached hydrogens (primary N) is 1. The van der Waals surface area contributed by atoms with Gasteiger partial charge in [-0.2, -0.15) is 0 Å². The van der Waals surface area contributed by atoms with Crippen molar-refractivity contribution in [2.75, 3.05) is 19.7 Å². The van der Waals surface area contributed by atoms with E-state index in [4.69, 9.17) is 15.6 Å². The number of aliphatic carboxylic acids is 1. The molecule has 0 aromatic rings.